The minimum absolute atomic E-state index is 0.259. The van der Waals surface area contributed by atoms with Gasteiger partial charge in [-0.1, -0.05) is 30.7 Å². The summed E-state index contributed by atoms with van der Waals surface area (Å²) in [6.07, 6.45) is 1.95. The molecular formula is C16H21ClIN3. The summed E-state index contributed by atoms with van der Waals surface area (Å²) in [5, 5.41) is 8.81. The molecular weight excluding hydrogens is 397 g/mol. The van der Waals surface area contributed by atoms with Crippen LogP contribution in [-0.4, -0.2) is 16.3 Å². The molecule has 3 nitrogen and oxygen atoms in total. The zero-order chi connectivity index (χ0) is 15.4. The highest BCUT2D eigenvalue weighted by Crippen LogP contribution is 2.26. The van der Waals surface area contributed by atoms with Crippen LogP contribution < -0.4 is 5.32 Å². The normalized spacial score (nSPS) is 12.6. The summed E-state index contributed by atoms with van der Waals surface area (Å²) in [7, 11) is 1.96. The summed E-state index contributed by atoms with van der Waals surface area (Å²) in [6, 6.07) is 8.92. The van der Waals surface area contributed by atoms with Crippen molar-refractivity contribution in [1.29, 1.82) is 0 Å². The van der Waals surface area contributed by atoms with Crippen molar-refractivity contribution in [2.45, 2.75) is 32.7 Å². The molecule has 5 heteroatoms. The lowest BCUT2D eigenvalue weighted by atomic mass is 10.0. The van der Waals surface area contributed by atoms with Crippen molar-refractivity contribution < 1.29 is 0 Å². The first-order valence-corrected chi connectivity index (χ1v) is 8.65. The van der Waals surface area contributed by atoms with Crippen LogP contribution in [0.4, 0.5) is 0 Å². The molecule has 1 atom stereocenters. The van der Waals surface area contributed by atoms with E-state index in [1.54, 1.807) is 0 Å². The Kier molecular flexibility index (Phi) is 6.08. The minimum atomic E-state index is 0.259. The topological polar surface area (TPSA) is 29.9 Å². The molecule has 1 aromatic carbocycles. The van der Waals surface area contributed by atoms with Gasteiger partial charge in [-0.15, -0.1) is 0 Å². The van der Waals surface area contributed by atoms with E-state index in [-0.39, 0.29) is 6.04 Å². The number of aromatic nitrogens is 2. The summed E-state index contributed by atoms with van der Waals surface area (Å²) >= 11 is 8.72. The Hall–Kier alpha value is -0.590. The number of rotatable bonds is 6. The summed E-state index contributed by atoms with van der Waals surface area (Å²) in [4.78, 5) is 0. The smallest absolute Gasteiger partial charge is 0.0847 e. The Labute approximate surface area is 145 Å². The summed E-state index contributed by atoms with van der Waals surface area (Å²) in [5.41, 5.74) is 3.27. The standard InChI is InChI=1S/C16H21ClIN3/c1-4-9-19-14(12-5-7-13(18)8-6-12)10-15-16(17)11(2)20-21(15)3/h5-8,14,19H,4,9-10H2,1-3H3. The van der Waals surface area contributed by atoms with E-state index < -0.39 is 0 Å². The van der Waals surface area contributed by atoms with Gasteiger partial charge in [0.05, 0.1) is 16.4 Å². The predicted molar refractivity (Wildman–Crippen MR) is 96.9 cm³/mol. The highest BCUT2D eigenvalue weighted by atomic mass is 127. The molecule has 0 amide bonds. The number of hydrogen-bond donors (Lipinski definition) is 1. The summed E-state index contributed by atoms with van der Waals surface area (Å²) < 4.78 is 3.14. The third kappa shape index (κ3) is 4.20. The molecule has 0 saturated heterocycles. The van der Waals surface area contributed by atoms with E-state index in [0.29, 0.717) is 0 Å². The third-order valence-electron chi connectivity index (χ3n) is 3.57. The van der Waals surface area contributed by atoms with Crippen LogP contribution in [0.25, 0.3) is 0 Å². The molecule has 2 aromatic rings. The molecule has 1 heterocycles. The largest absolute Gasteiger partial charge is 0.310 e. The Balaban J connectivity index is 2.25. The predicted octanol–water partition coefficient (Wildman–Crippen LogP) is 4.27. The average Bonchev–Trinajstić information content (AvgIpc) is 2.70. The fourth-order valence-corrected chi connectivity index (χ4v) is 3.01. The van der Waals surface area contributed by atoms with E-state index in [9.17, 15) is 0 Å². The lowest BCUT2D eigenvalue weighted by Gasteiger charge is -2.19. The van der Waals surface area contributed by atoms with Gasteiger partial charge in [-0.05, 0) is 60.2 Å². The van der Waals surface area contributed by atoms with E-state index in [0.717, 1.165) is 35.8 Å². The van der Waals surface area contributed by atoms with Crippen molar-refractivity contribution >= 4 is 34.2 Å². The van der Waals surface area contributed by atoms with Gasteiger partial charge in [0.1, 0.15) is 0 Å². The first-order chi connectivity index (χ1) is 10.0. The number of aryl methyl sites for hydroxylation is 2. The summed E-state index contributed by atoms with van der Waals surface area (Å²) in [6.45, 7) is 5.12. The lowest BCUT2D eigenvalue weighted by molar-refractivity contribution is 0.512. The molecule has 21 heavy (non-hydrogen) atoms. The Morgan fingerprint density at radius 2 is 2.00 bits per heavy atom. The second kappa shape index (κ2) is 7.61. The second-order valence-corrected chi connectivity index (χ2v) is 6.86. The summed E-state index contributed by atoms with van der Waals surface area (Å²) in [5.74, 6) is 0. The van der Waals surface area contributed by atoms with Gasteiger partial charge in [0.2, 0.25) is 0 Å². The van der Waals surface area contributed by atoms with E-state index in [4.69, 9.17) is 11.6 Å². The first-order valence-electron chi connectivity index (χ1n) is 7.19. The van der Waals surface area contributed by atoms with Gasteiger partial charge < -0.3 is 5.32 Å². The highest BCUT2D eigenvalue weighted by molar-refractivity contribution is 14.1. The van der Waals surface area contributed by atoms with E-state index in [1.165, 1.54) is 9.13 Å². The van der Waals surface area contributed by atoms with Crippen molar-refractivity contribution in [2.24, 2.45) is 7.05 Å². The molecule has 1 unspecified atom stereocenters. The number of halogens is 2. The van der Waals surface area contributed by atoms with Crippen LogP contribution >= 0.6 is 34.2 Å². The van der Waals surface area contributed by atoms with Crippen molar-refractivity contribution in [2.75, 3.05) is 6.54 Å². The quantitative estimate of drug-likeness (QED) is 0.711. The Bertz CT molecular complexity index is 592. The molecule has 0 saturated carbocycles. The van der Waals surface area contributed by atoms with Crippen molar-refractivity contribution in [3.8, 4) is 0 Å². The second-order valence-electron chi connectivity index (χ2n) is 5.23. The number of hydrogen-bond acceptors (Lipinski definition) is 2. The maximum Gasteiger partial charge on any atom is 0.0847 e. The molecule has 114 valence electrons. The maximum absolute atomic E-state index is 6.39. The van der Waals surface area contributed by atoms with Crippen LogP contribution in [0.1, 0.15) is 36.3 Å². The zero-order valence-electron chi connectivity index (χ0n) is 12.7. The van der Waals surface area contributed by atoms with E-state index in [2.05, 4.69) is 64.2 Å². The fraction of sp³-hybridized carbons (Fsp3) is 0.438. The van der Waals surface area contributed by atoms with Crippen LogP contribution in [0.5, 0.6) is 0 Å². The molecule has 0 aliphatic carbocycles. The Morgan fingerprint density at radius 1 is 1.33 bits per heavy atom. The molecule has 0 aliphatic rings. The maximum atomic E-state index is 6.39. The van der Waals surface area contributed by atoms with Gasteiger partial charge in [-0.25, -0.2) is 0 Å². The van der Waals surface area contributed by atoms with Crippen molar-refractivity contribution in [3.05, 3.63) is 49.8 Å². The monoisotopic (exact) mass is 417 g/mol. The van der Waals surface area contributed by atoms with Crippen LogP contribution in [0, 0.1) is 10.5 Å². The van der Waals surface area contributed by atoms with Gasteiger partial charge in [0.15, 0.2) is 0 Å². The first kappa shape index (κ1) is 16.8. The minimum Gasteiger partial charge on any atom is -0.310 e. The highest BCUT2D eigenvalue weighted by Gasteiger charge is 2.18. The lowest BCUT2D eigenvalue weighted by Crippen LogP contribution is -2.25. The SMILES string of the molecule is CCCNC(Cc1c(Cl)c(C)nn1C)c1ccc(I)cc1. The van der Waals surface area contributed by atoms with Crippen LogP contribution in [0.15, 0.2) is 24.3 Å². The van der Waals surface area contributed by atoms with Gasteiger partial charge in [-0.2, -0.15) is 5.10 Å². The van der Waals surface area contributed by atoms with E-state index >= 15 is 0 Å². The number of nitrogens with one attached hydrogen (secondary N) is 1. The molecule has 2 rings (SSSR count). The average molecular weight is 418 g/mol. The van der Waals surface area contributed by atoms with Crippen molar-refractivity contribution in [1.82, 2.24) is 15.1 Å². The zero-order valence-corrected chi connectivity index (χ0v) is 15.6. The van der Waals surface area contributed by atoms with Crippen LogP contribution in [-0.2, 0) is 13.5 Å². The van der Waals surface area contributed by atoms with Gasteiger partial charge in [0.25, 0.3) is 0 Å². The van der Waals surface area contributed by atoms with Crippen LogP contribution in [0.2, 0.25) is 5.02 Å². The molecule has 1 aromatic heterocycles. The Morgan fingerprint density at radius 3 is 2.52 bits per heavy atom. The number of benzene rings is 1. The molecule has 0 spiro atoms. The molecule has 0 fully saturated rings. The van der Waals surface area contributed by atoms with E-state index in [1.807, 2.05) is 18.7 Å². The fourth-order valence-electron chi connectivity index (χ4n) is 2.42. The number of nitrogens with zero attached hydrogens (tertiary/aromatic N) is 2. The molecule has 0 radical (unpaired) electrons. The van der Waals surface area contributed by atoms with Gasteiger partial charge in [0, 0.05) is 23.1 Å². The molecule has 0 aliphatic heterocycles. The third-order valence-corrected chi connectivity index (χ3v) is 4.78. The van der Waals surface area contributed by atoms with Crippen molar-refractivity contribution in [3.63, 3.8) is 0 Å². The molecule has 1 N–H and O–H groups in total. The van der Waals surface area contributed by atoms with Crippen LogP contribution in [0.3, 0.4) is 0 Å². The molecule has 0 bridgehead atoms. The van der Waals surface area contributed by atoms with Gasteiger partial charge >= 0.3 is 0 Å². The van der Waals surface area contributed by atoms with Gasteiger partial charge in [-0.3, -0.25) is 4.68 Å².